The lowest BCUT2D eigenvalue weighted by Gasteiger charge is -2.22. The van der Waals surface area contributed by atoms with Crippen LogP contribution in [0.15, 0.2) is 6.07 Å². The molecule has 0 saturated carbocycles. The molecule has 0 aromatic carbocycles. The lowest BCUT2D eigenvalue weighted by Crippen LogP contribution is -2.39. The van der Waals surface area contributed by atoms with E-state index in [2.05, 4.69) is 17.2 Å². The Bertz CT molecular complexity index is 574. The van der Waals surface area contributed by atoms with Gasteiger partial charge in [0.25, 0.3) is 5.91 Å². The van der Waals surface area contributed by atoms with Gasteiger partial charge in [0, 0.05) is 28.3 Å². The highest BCUT2D eigenvalue weighted by atomic mass is 32.2. The first-order chi connectivity index (χ1) is 9.60. The van der Waals surface area contributed by atoms with Crippen LogP contribution in [0.2, 0.25) is 0 Å². The van der Waals surface area contributed by atoms with Gasteiger partial charge in [-0.1, -0.05) is 11.8 Å². The van der Waals surface area contributed by atoms with E-state index in [1.165, 1.54) is 11.3 Å². The minimum absolute atomic E-state index is 0.0587. The van der Waals surface area contributed by atoms with Crippen LogP contribution in [0.4, 0.5) is 0 Å². The van der Waals surface area contributed by atoms with Crippen LogP contribution in [0, 0.1) is 18.8 Å². The Hall–Kier alpha value is -1.16. The summed E-state index contributed by atoms with van der Waals surface area (Å²) in [5.74, 6) is 7.09. The minimum atomic E-state index is -0.702. The van der Waals surface area contributed by atoms with Crippen molar-refractivity contribution in [1.82, 2.24) is 5.32 Å². The van der Waals surface area contributed by atoms with Gasteiger partial charge >= 0.3 is 0 Å². The van der Waals surface area contributed by atoms with Crippen molar-refractivity contribution in [1.29, 1.82) is 0 Å². The summed E-state index contributed by atoms with van der Waals surface area (Å²) in [6.45, 7) is 2.26. The van der Waals surface area contributed by atoms with E-state index in [9.17, 15) is 9.00 Å². The zero-order valence-corrected chi connectivity index (χ0v) is 13.0. The highest BCUT2D eigenvalue weighted by Crippen LogP contribution is 2.21. The van der Waals surface area contributed by atoms with Gasteiger partial charge in [-0.2, -0.15) is 0 Å². The number of amides is 1. The van der Waals surface area contributed by atoms with E-state index in [-0.39, 0.29) is 11.9 Å². The molecular weight excluding hydrogens is 292 g/mol. The first-order valence-electron chi connectivity index (χ1n) is 6.55. The lowest BCUT2D eigenvalue weighted by atomic mass is 10.1. The number of nitrogens with one attached hydrogen (secondary N) is 1. The second-order valence-electron chi connectivity index (χ2n) is 4.72. The Balaban J connectivity index is 2.00. The molecule has 2 heterocycles. The number of carbonyl (C=O) groups is 1. The summed E-state index contributed by atoms with van der Waals surface area (Å²) in [5, 5.41) is 3.02. The molecule has 108 valence electrons. The van der Waals surface area contributed by atoms with Crippen LogP contribution in [0.3, 0.4) is 0 Å². The quantitative estimate of drug-likeness (QED) is 0.801. The number of hydrogen-bond donors (Lipinski definition) is 2. The molecule has 0 unspecified atom stereocenters. The standard InChI is InChI=1S/C14H18N2O2S2/c1-10-9-13(19-12(10)3-2-6-15)14(17)16-11-4-7-20(18)8-5-11/h9,11H,4-8,15H2,1H3,(H,16,17). The number of aryl methyl sites for hydroxylation is 1. The van der Waals surface area contributed by atoms with Crippen LogP contribution in [-0.2, 0) is 10.8 Å². The molecular formula is C14H18N2O2S2. The van der Waals surface area contributed by atoms with E-state index in [1.807, 2.05) is 13.0 Å². The van der Waals surface area contributed by atoms with Gasteiger partial charge in [-0.05, 0) is 31.4 Å². The fourth-order valence-electron chi connectivity index (χ4n) is 2.04. The molecule has 1 aliphatic rings. The highest BCUT2D eigenvalue weighted by Gasteiger charge is 2.21. The first-order valence-corrected chi connectivity index (χ1v) is 8.86. The molecule has 0 atom stereocenters. The normalized spacial score (nSPS) is 21.9. The van der Waals surface area contributed by atoms with Crippen LogP contribution in [-0.4, -0.2) is 34.2 Å². The maximum Gasteiger partial charge on any atom is 0.261 e. The molecule has 20 heavy (non-hydrogen) atoms. The number of hydrogen-bond acceptors (Lipinski definition) is 4. The van der Waals surface area contributed by atoms with Gasteiger partial charge in [0.15, 0.2) is 0 Å². The van der Waals surface area contributed by atoms with E-state index < -0.39 is 10.8 Å². The number of carbonyl (C=O) groups excluding carboxylic acids is 1. The number of thiophene rings is 1. The minimum Gasteiger partial charge on any atom is -0.349 e. The SMILES string of the molecule is Cc1cc(C(=O)NC2CCS(=O)CC2)sc1C#CCN. The summed E-state index contributed by atoms with van der Waals surface area (Å²) < 4.78 is 11.3. The maximum absolute atomic E-state index is 12.2. The van der Waals surface area contributed by atoms with Crippen molar-refractivity contribution in [2.24, 2.45) is 5.73 Å². The molecule has 0 bridgehead atoms. The van der Waals surface area contributed by atoms with E-state index in [4.69, 9.17) is 5.73 Å². The van der Waals surface area contributed by atoms with Crippen LogP contribution in [0.5, 0.6) is 0 Å². The summed E-state index contributed by atoms with van der Waals surface area (Å²) in [6, 6.07) is 2.00. The van der Waals surface area contributed by atoms with E-state index >= 15 is 0 Å². The smallest absolute Gasteiger partial charge is 0.261 e. The molecule has 1 aromatic heterocycles. The molecule has 4 nitrogen and oxygen atoms in total. The van der Waals surface area contributed by atoms with Gasteiger partial charge in [0.1, 0.15) is 0 Å². The maximum atomic E-state index is 12.2. The van der Waals surface area contributed by atoms with Crippen molar-refractivity contribution in [2.75, 3.05) is 18.1 Å². The monoisotopic (exact) mass is 310 g/mol. The zero-order valence-electron chi connectivity index (χ0n) is 11.4. The molecule has 0 radical (unpaired) electrons. The molecule has 1 amide bonds. The second-order valence-corrected chi connectivity index (χ2v) is 7.47. The Kier molecular flexibility index (Phi) is 5.35. The average molecular weight is 310 g/mol. The topological polar surface area (TPSA) is 72.2 Å². The molecule has 0 aliphatic carbocycles. The van der Waals surface area contributed by atoms with Gasteiger partial charge in [-0.3, -0.25) is 9.00 Å². The van der Waals surface area contributed by atoms with Gasteiger partial charge in [0.05, 0.1) is 16.3 Å². The number of nitrogens with two attached hydrogens (primary N) is 1. The van der Waals surface area contributed by atoms with Crippen molar-refractivity contribution in [2.45, 2.75) is 25.8 Å². The van der Waals surface area contributed by atoms with E-state index in [1.54, 1.807) is 0 Å². The van der Waals surface area contributed by atoms with Crippen molar-refractivity contribution >= 4 is 28.0 Å². The lowest BCUT2D eigenvalue weighted by molar-refractivity contribution is 0.0938. The molecule has 0 spiro atoms. The van der Waals surface area contributed by atoms with Gasteiger partial charge in [0.2, 0.25) is 0 Å². The largest absolute Gasteiger partial charge is 0.349 e. The summed E-state index contributed by atoms with van der Waals surface area (Å²) in [4.78, 5) is 13.8. The highest BCUT2D eigenvalue weighted by molar-refractivity contribution is 7.85. The third-order valence-corrected chi connectivity index (χ3v) is 5.70. The molecule has 1 saturated heterocycles. The van der Waals surface area contributed by atoms with E-state index in [0.29, 0.717) is 22.9 Å². The van der Waals surface area contributed by atoms with Crippen molar-refractivity contribution in [3.05, 3.63) is 21.4 Å². The molecule has 1 aliphatic heterocycles. The van der Waals surface area contributed by atoms with Gasteiger partial charge < -0.3 is 11.1 Å². The predicted molar refractivity (Wildman–Crippen MR) is 83.4 cm³/mol. The fourth-order valence-corrected chi connectivity index (χ4v) is 4.29. The third-order valence-electron chi connectivity index (χ3n) is 3.17. The number of rotatable bonds is 2. The fraction of sp³-hybridized carbons (Fsp3) is 0.500. The Morgan fingerprint density at radius 1 is 1.55 bits per heavy atom. The first kappa shape index (κ1) is 15.2. The predicted octanol–water partition coefficient (Wildman–Crippen LogP) is 1.01. The average Bonchev–Trinajstić information content (AvgIpc) is 2.80. The van der Waals surface area contributed by atoms with Gasteiger partial charge in [-0.25, -0.2) is 0 Å². The van der Waals surface area contributed by atoms with Crippen LogP contribution in [0.1, 0.15) is 33.0 Å². The zero-order chi connectivity index (χ0) is 14.5. The summed E-state index contributed by atoms with van der Waals surface area (Å²) in [6.07, 6.45) is 1.59. The molecule has 2 rings (SSSR count). The summed E-state index contributed by atoms with van der Waals surface area (Å²) in [7, 11) is -0.702. The van der Waals surface area contributed by atoms with Crippen LogP contribution in [0.25, 0.3) is 0 Å². The summed E-state index contributed by atoms with van der Waals surface area (Å²) in [5.41, 5.74) is 6.36. The van der Waals surface area contributed by atoms with Crippen molar-refractivity contribution in [3.8, 4) is 11.8 Å². The second kappa shape index (κ2) is 7.02. The van der Waals surface area contributed by atoms with E-state index in [0.717, 1.165) is 23.3 Å². The van der Waals surface area contributed by atoms with Gasteiger partial charge in [-0.15, -0.1) is 11.3 Å². The third kappa shape index (κ3) is 3.92. The Morgan fingerprint density at radius 3 is 2.90 bits per heavy atom. The molecule has 6 heteroatoms. The van der Waals surface area contributed by atoms with Crippen molar-refractivity contribution in [3.63, 3.8) is 0 Å². The Morgan fingerprint density at radius 2 is 2.25 bits per heavy atom. The molecule has 3 N–H and O–H groups in total. The summed E-state index contributed by atoms with van der Waals surface area (Å²) >= 11 is 1.40. The molecule has 1 fully saturated rings. The molecule has 1 aromatic rings. The van der Waals surface area contributed by atoms with Crippen LogP contribution >= 0.6 is 11.3 Å². The Labute approximate surface area is 125 Å². The van der Waals surface area contributed by atoms with Crippen LogP contribution < -0.4 is 11.1 Å². The van der Waals surface area contributed by atoms with Crippen molar-refractivity contribution < 1.29 is 9.00 Å².